The number of aryl methyl sites for hydroxylation is 1. The summed E-state index contributed by atoms with van der Waals surface area (Å²) in [4.78, 5) is 0. The monoisotopic (exact) mass is 350 g/mol. The Morgan fingerprint density at radius 1 is 0.846 bits per heavy atom. The van der Waals surface area contributed by atoms with Gasteiger partial charge in [0.25, 0.3) is 0 Å². The van der Waals surface area contributed by atoms with Gasteiger partial charge in [-0.25, -0.2) is 0 Å². The van der Waals surface area contributed by atoms with Crippen molar-refractivity contribution in [3.05, 3.63) is 70.8 Å². The summed E-state index contributed by atoms with van der Waals surface area (Å²) in [6, 6.07) is 18.9. The van der Waals surface area contributed by atoms with Crippen LogP contribution in [-0.4, -0.2) is 12.1 Å². The molecule has 0 aliphatic heterocycles. The molecule has 0 spiro atoms. The molecule has 2 atom stereocenters. The van der Waals surface area contributed by atoms with Gasteiger partial charge in [0.1, 0.15) is 0 Å². The Kier molecular flexibility index (Phi) is 6.87. The first-order valence-corrected chi connectivity index (χ1v) is 10.2. The van der Waals surface area contributed by atoms with Crippen LogP contribution in [0.4, 0.5) is 0 Å². The van der Waals surface area contributed by atoms with Crippen LogP contribution in [0.25, 0.3) is 0 Å². The van der Waals surface area contributed by atoms with Crippen LogP contribution in [0.3, 0.4) is 0 Å². The summed E-state index contributed by atoms with van der Waals surface area (Å²) >= 11 is 0. The zero-order valence-corrected chi connectivity index (χ0v) is 16.6. The topological polar surface area (TPSA) is 24.1 Å². The largest absolute Gasteiger partial charge is 0.308 e. The molecule has 0 bridgehead atoms. The third-order valence-corrected chi connectivity index (χ3v) is 5.80. The maximum absolute atomic E-state index is 3.83. The molecule has 1 aliphatic rings. The third kappa shape index (κ3) is 5.18. The molecule has 0 aromatic heterocycles. The van der Waals surface area contributed by atoms with Gasteiger partial charge < -0.3 is 10.6 Å². The lowest BCUT2D eigenvalue weighted by Crippen LogP contribution is -2.49. The van der Waals surface area contributed by atoms with Gasteiger partial charge in [-0.1, -0.05) is 75.2 Å². The molecule has 2 aromatic carbocycles. The maximum atomic E-state index is 3.83. The fourth-order valence-electron chi connectivity index (χ4n) is 3.94. The summed E-state index contributed by atoms with van der Waals surface area (Å²) in [5.74, 6) is 0.602. The number of hydrogen-bond acceptors (Lipinski definition) is 2. The quantitative estimate of drug-likeness (QED) is 0.707. The first-order chi connectivity index (χ1) is 12.6. The normalized spacial score (nSPS) is 20.5. The van der Waals surface area contributed by atoms with Crippen LogP contribution in [-0.2, 0) is 13.1 Å². The number of nitrogens with one attached hydrogen (secondary N) is 2. The van der Waals surface area contributed by atoms with Gasteiger partial charge in [-0.3, -0.25) is 0 Å². The van der Waals surface area contributed by atoms with Crippen LogP contribution in [0.15, 0.2) is 48.5 Å². The fourth-order valence-corrected chi connectivity index (χ4v) is 3.94. The summed E-state index contributed by atoms with van der Waals surface area (Å²) in [5, 5.41) is 7.65. The molecule has 3 rings (SSSR count). The Bertz CT molecular complexity index is 675. The summed E-state index contributed by atoms with van der Waals surface area (Å²) in [6.45, 7) is 8.64. The molecule has 2 heteroatoms. The highest BCUT2D eigenvalue weighted by atomic mass is 15.0. The molecule has 1 saturated carbocycles. The van der Waals surface area contributed by atoms with E-state index in [1.165, 1.54) is 47.9 Å². The van der Waals surface area contributed by atoms with Gasteiger partial charge in [-0.05, 0) is 47.9 Å². The highest BCUT2D eigenvalue weighted by Crippen LogP contribution is 2.21. The van der Waals surface area contributed by atoms with Crippen molar-refractivity contribution in [1.29, 1.82) is 0 Å². The highest BCUT2D eigenvalue weighted by Gasteiger charge is 2.24. The summed E-state index contributed by atoms with van der Waals surface area (Å²) in [5.41, 5.74) is 5.61. The Morgan fingerprint density at radius 2 is 1.46 bits per heavy atom. The van der Waals surface area contributed by atoms with Gasteiger partial charge in [0.15, 0.2) is 0 Å². The zero-order valence-electron chi connectivity index (χ0n) is 16.6. The minimum atomic E-state index is 0.567. The Morgan fingerprint density at radius 3 is 2.08 bits per heavy atom. The van der Waals surface area contributed by atoms with Gasteiger partial charge in [0.2, 0.25) is 0 Å². The molecule has 140 valence electrons. The molecule has 1 fully saturated rings. The molecule has 2 N–H and O–H groups in total. The summed E-state index contributed by atoms with van der Waals surface area (Å²) < 4.78 is 0. The molecule has 1 aliphatic carbocycles. The Hall–Kier alpha value is -1.64. The van der Waals surface area contributed by atoms with Crippen molar-refractivity contribution in [1.82, 2.24) is 10.6 Å². The second-order valence-corrected chi connectivity index (χ2v) is 8.08. The second kappa shape index (κ2) is 9.34. The molecule has 0 amide bonds. The van der Waals surface area contributed by atoms with E-state index in [1.807, 2.05) is 0 Å². The number of benzene rings is 2. The second-order valence-electron chi connectivity index (χ2n) is 8.08. The van der Waals surface area contributed by atoms with E-state index in [4.69, 9.17) is 0 Å². The van der Waals surface area contributed by atoms with E-state index in [0.29, 0.717) is 18.0 Å². The van der Waals surface area contributed by atoms with Crippen LogP contribution < -0.4 is 10.6 Å². The van der Waals surface area contributed by atoms with E-state index < -0.39 is 0 Å². The Labute approximate surface area is 159 Å². The van der Waals surface area contributed by atoms with Crippen LogP contribution in [0.2, 0.25) is 0 Å². The van der Waals surface area contributed by atoms with E-state index in [1.54, 1.807) is 0 Å². The van der Waals surface area contributed by atoms with Crippen LogP contribution in [0.5, 0.6) is 0 Å². The highest BCUT2D eigenvalue weighted by molar-refractivity contribution is 5.26. The van der Waals surface area contributed by atoms with Crippen LogP contribution >= 0.6 is 0 Å². The molecule has 0 heterocycles. The molecule has 0 saturated heterocycles. The van der Waals surface area contributed by atoms with E-state index in [2.05, 4.69) is 79.9 Å². The smallest absolute Gasteiger partial charge is 0.0224 e. The van der Waals surface area contributed by atoms with E-state index in [9.17, 15) is 0 Å². The maximum Gasteiger partial charge on any atom is 0.0224 e. The average Bonchev–Trinajstić information content (AvgIpc) is 2.66. The predicted octanol–water partition coefficient (Wildman–Crippen LogP) is 5.31. The lowest BCUT2D eigenvalue weighted by Gasteiger charge is -2.33. The molecule has 0 radical (unpaired) electrons. The molecular formula is C24H34N2. The summed E-state index contributed by atoms with van der Waals surface area (Å²) in [6.07, 6.45) is 5.23. The summed E-state index contributed by atoms with van der Waals surface area (Å²) in [7, 11) is 0. The predicted molar refractivity (Wildman–Crippen MR) is 111 cm³/mol. The van der Waals surface area contributed by atoms with Gasteiger partial charge in [0.05, 0.1) is 0 Å². The number of hydrogen-bond donors (Lipinski definition) is 2. The fraction of sp³-hybridized carbons (Fsp3) is 0.500. The Balaban J connectivity index is 1.54. The van der Waals surface area contributed by atoms with Gasteiger partial charge in [0, 0.05) is 25.2 Å². The minimum absolute atomic E-state index is 0.567. The van der Waals surface area contributed by atoms with E-state index in [-0.39, 0.29) is 0 Å². The van der Waals surface area contributed by atoms with Crippen LogP contribution in [0.1, 0.15) is 67.7 Å². The van der Waals surface area contributed by atoms with Crippen molar-refractivity contribution >= 4 is 0 Å². The molecule has 2 aromatic rings. The average molecular weight is 351 g/mol. The SMILES string of the molecule is Cc1ccccc1CNC1CCCCC1NCc1ccc(C(C)C)cc1. The van der Waals surface area contributed by atoms with Crippen molar-refractivity contribution in [2.24, 2.45) is 0 Å². The third-order valence-electron chi connectivity index (χ3n) is 5.80. The van der Waals surface area contributed by atoms with Crippen molar-refractivity contribution in [2.45, 2.75) is 77.5 Å². The lowest BCUT2D eigenvalue weighted by atomic mass is 9.89. The molecular weight excluding hydrogens is 316 g/mol. The van der Waals surface area contributed by atoms with Gasteiger partial charge in [-0.15, -0.1) is 0 Å². The van der Waals surface area contributed by atoms with Crippen molar-refractivity contribution in [3.8, 4) is 0 Å². The standard InChI is InChI=1S/C24H34N2/c1-18(2)21-14-12-20(13-15-21)16-25-23-10-6-7-11-24(23)26-17-22-9-5-4-8-19(22)3/h4-5,8-9,12-15,18,23-26H,6-7,10-11,16-17H2,1-3H3. The van der Waals surface area contributed by atoms with Gasteiger partial charge in [-0.2, -0.15) is 0 Å². The molecule has 26 heavy (non-hydrogen) atoms. The van der Waals surface area contributed by atoms with E-state index >= 15 is 0 Å². The first-order valence-electron chi connectivity index (χ1n) is 10.2. The first kappa shape index (κ1) is 19.1. The van der Waals surface area contributed by atoms with Crippen molar-refractivity contribution in [3.63, 3.8) is 0 Å². The minimum Gasteiger partial charge on any atom is -0.308 e. The van der Waals surface area contributed by atoms with Crippen molar-refractivity contribution in [2.75, 3.05) is 0 Å². The van der Waals surface area contributed by atoms with Gasteiger partial charge >= 0.3 is 0 Å². The van der Waals surface area contributed by atoms with Crippen molar-refractivity contribution < 1.29 is 0 Å². The lowest BCUT2D eigenvalue weighted by molar-refractivity contribution is 0.281. The molecule has 2 nitrogen and oxygen atoms in total. The number of rotatable bonds is 7. The zero-order chi connectivity index (χ0) is 18.4. The molecule has 2 unspecified atom stereocenters. The van der Waals surface area contributed by atoms with E-state index in [0.717, 1.165) is 13.1 Å². The van der Waals surface area contributed by atoms with Crippen LogP contribution in [0, 0.1) is 6.92 Å².